The van der Waals surface area contributed by atoms with Crippen LogP contribution in [-0.2, 0) is 16.4 Å². The van der Waals surface area contributed by atoms with Crippen LogP contribution in [0.25, 0.3) is 5.57 Å². The van der Waals surface area contributed by atoms with Crippen LogP contribution in [0.2, 0.25) is 0 Å². The van der Waals surface area contributed by atoms with Crippen molar-refractivity contribution < 1.29 is 8.42 Å². The number of nitrogens with zero attached hydrogens (tertiary/aromatic N) is 1. The second-order valence-electron chi connectivity index (χ2n) is 9.19. The Balaban J connectivity index is 1.63. The Morgan fingerprint density at radius 1 is 1.13 bits per heavy atom. The van der Waals surface area contributed by atoms with Gasteiger partial charge in [-0.3, -0.25) is 0 Å². The Morgan fingerprint density at radius 2 is 1.83 bits per heavy atom. The number of allylic oxidation sites excluding steroid dienone is 1. The highest BCUT2D eigenvalue weighted by atomic mass is 32.2. The second kappa shape index (κ2) is 8.29. The molecule has 4 rings (SSSR count). The van der Waals surface area contributed by atoms with Crippen molar-refractivity contribution in [1.29, 1.82) is 0 Å². The van der Waals surface area contributed by atoms with Gasteiger partial charge in [0.25, 0.3) is 0 Å². The number of hydrogen-bond acceptors (Lipinski definition) is 3. The molecule has 0 unspecified atom stereocenters. The smallest absolute Gasteiger partial charge is 0.243 e. The van der Waals surface area contributed by atoms with Gasteiger partial charge in [0.05, 0.1) is 4.90 Å². The lowest BCUT2D eigenvalue weighted by molar-refractivity contribution is 0.0188. The van der Waals surface area contributed by atoms with Crippen molar-refractivity contribution in [1.82, 2.24) is 4.31 Å². The van der Waals surface area contributed by atoms with E-state index in [1.807, 2.05) is 25.1 Å². The quantitative estimate of drug-likeness (QED) is 0.770. The van der Waals surface area contributed by atoms with Crippen molar-refractivity contribution in [2.24, 2.45) is 17.1 Å². The zero-order valence-electron chi connectivity index (χ0n) is 17.8. The maximum absolute atomic E-state index is 13.5. The van der Waals surface area contributed by atoms with E-state index in [0.29, 0.717) is 23.9 Å². The Hall–Kier alpha value is -1.95. The van der Waals surface area contributed by atoms with Gasteiger partial charge in [0.1, 0.15) is 0 Å². The molecule has 2 N–H and O–H groups in total. The fourth-order valence-corrected chi connectivity index (χ4v) is 6.88. The maximum Gasteiger partial charge on any atom is 0.243 e. The topological polar surface area (TPSA) is 63.4 Å². The molecular formula is C25H32N2O2S. The highest BCUT2D eigenvalue weighted by Crippen LogP contribution is 2.49. The minimum Gasteiger partial charge on any atom is -0.328 e. The zero-order valence-corrected chi connectivity index (χ0v) is 18.6. The number of sulfonamides is 1. The van der Waals surface area contributed by atoms with E-state index in [9.17, 15) is 8.42 Å². The molecule has 0 spiro atoms. The molecule has 0 bridgehead atoms. The lowest BCUT2D eigenvalue weighted by Crippen LogP contribution is -2.55. The maximum atomic E-state index is 13.5. The lowest BCUT2D eigenvalue weighted by atomic mass is 9.60. The van der Waals surface area contributed by atoms with E-state index in [1.165, 1.54) is 5.56 Å². The molecule has 2 aromatic rings. The minimum atomic E-state index is -3.53. The molecule has 2 aromatic carbocycles. The number of rotatable bonds is 5. The van der Waals surface area contributed by atoms with Gasteiger partial charge in [-0.25, -0.2) is 8.42 Å². The number of hydrogen-bond donors (Lipinski definition) is 1. The van der Waals surface area contributed by atoms with E-state index in [2.05, 4.69) is 30.8 Å². The van der Waals surface area contributed by atoms with Crippen LogP contribution in [0.5, 0.6) is 0 Å². The van der Waals surface area contributed by atoms with E-state index in [0.717, 1.165) is 43.2 Å². The summed E-state index contributed by atoms with van der Waals surface area (Å²) >= 11 is 0. The fourth-order valence-electron chi connectivity index (χ4n) is 5.33. The average Bonchev–Trinajstić information content (AvgIpc) is 2.74. The molecule has 1 saturated carbocycles. The Kier molecular flexibility index (Phi) is 5.88. The molecule has 1 heterocycles. The Bertz CT molecular complexity index is 1000. The van der Waals surface area contributed by atoms with Gasteiger partial charge >= 0.3 is 0 Å². The van der Waals surface area contributed by atoms with Crippen LogP contribution >= 0.6 is 0 Å². The van der Waals surface area contributed by atoms with E-state index in [-0.39, 0.29) is 11.5 Å². The van der Waals surface area contributed by atoms with E-state index < -0.39 is 10.0 Å². The molecule has 1 saturated heterocycles. The van der Waals surface area contributed by atoms with E-state index in [4.69, 9.17) is 5.73 Å². The molecule has 30 heavy (non-hydrogen) atoms. The normalized spacial score (nSPS) is 27.4. The van der Waals surface area contributed by atoms with Crippen molar-refractivity contribution >= 4 is 15.6 Å². The number of fused-ring (bicyclic) bond motifs is 1. The molecule has 4 nitrogen and oxygen atoms in total. The van der Waals surface area contributed by atoms with Gasteiger partial charge in [-0.15, -0.1) is 0 Å². The van der Waals surface area contributed by atoms with Crippen LogP contribution in [-0.4, -0.2) is 31.9 Å². The van der Waals surface area contributed by atoms with E-state index in [1.54, 1.807) is 16.4 Å². The summed E-state index contributed by atoms with van der Waals surface area (Å²) in [6, 6.07) is 17.8. The van der Waals surface area contributed by atoms with Crippen LogP contribution in [0.3, 0.4) is 0 Å². The van der Waals surface area contributed by atoms with Crippen LogP contribution in [0.1, 0.15) is 43.7 Å². The number of nitrogens with two attached hydrogens (primary N) is 1. The molecule has 1 aliphatic carbocycles. The third-order valence-corrected chi connectivity index (χ3v) is 8.93. The Morgan fingerprint density at radius 3 is 2.50 bits per heavy atom. The third-order valence-electron chi connectivity index (χ3n) is 7.07. The highest BCUT2D eigenvalue weighted by Gasteiger charge is 2.48. The summed E-state index contributed by atoms with van der Waals surface area (Å²) in [6.07, 6.45) is 4.72. The van der Waals surface area contributed by atoms with Crippen molar-refractivity contribution in [3.8, 4) is 0 Å². The van der Waals surface area contributed by atoms with Crippen molar-refractivity contribution in [2.45, 2.75) is 50.0 Å². The van der Waals surface area contributed by atoms with E-state index >= 15 is 0 Å². The van der Waals surface area contributed by atoms with Crippen LogP contribution in [0, 0.1) is 11.3 Å². The molecule has 2 aliphatic rings. The first-order chi connectivity index (χ1) is 14.3. The zero-order chi connectivity index (χ0) is 21.4. The van der Waals surface area contributed by atoms with Crippen molar-refractivity contribution in [3.05, 3.63) is 72.3 Å². The van der Waals surface area contributed by atoms with Crippen LogP contribution < -0.4 is 5.73 Å². The fraction of sp³-hybridized carbons (Fsp3) is 0.440. The third kappa shape index (κ3) is 4.11. The molecule has 2 fully saturated rings. The first kappa shape index (κ1) is 21.3. The molecule has 0 radical (unpaired) electrons. The first-order valence-corrected chi connectivity index (χ1v) is 12.3. The minimum absolute atomic E-state index is 0.0415. The highest BCUT2D eigenvalue weighted by molar-refractivity contribution is 7.89. The summed E-state index contributed by atoms with van der Waals surface area (Å²) in [6.45, 7) is 7.00. The van der Waals surface area contributed by atoms with Gasteiger partial charge in [0, 0.05) is 19.1 Å². The summed E-state index contributed by atoms with van der Waals surface area (Å²) in [5.74, 6) is 0.471. The Labute approximate surface area is 180 Å². The lowest BCUT2D eigenvalue weighted by Gasteiger charge is -2.52. The predicted octanol–water partition coefficient (Wildman–Crippen LogP) is 4.47. The van der Waals surface area contributed by atoms with Crippen molar-refractivity contribution in [2.75, 3.05) is 13.1 Å². The SMILES string of the molecule is C=C(C)c1ccc(S(=O)(=O)N2CC[C@H]3C[C@H](N)CC[C@]3(Cc3ccccc3)C2)cc1. The number of benzene rings is 2. The summed E-state index contributed by atoms with van der Waals surface area (Å²) in [7, 11) is -3.53. The average molecular weight is 425 g/mol. The molecule has 1 aliphatic heterocycles. The van der Waals surface area contributed by atoms with Crippen LogP contribution in [0.4, 0.5) is 0 Å². The molecular weight excluding hydrogens is 392 g/mol. The van der Waals surface area contributed by atoms with Gasteiger partial charge in [-0.2, -0.15) is 4.31 Å². The van der Waals surface area contributed by atoms with Crippen LogP contribution in [0.15, 0.2) is 66.1 Å². The standard InChI is InChI=1S/C25H32N2O2S/c1-19(2)21-8-10-24(11-9-21)30(28,29)27-15-13-22-16-23(26)12-14-25(22,18-27)17-20-6-4-3-5-7-20/h3-11,22-23H,1,12-18,26H2,2H3/t22-,23+,25-/m0/s1. The number of piperidine rings is 1. The summed E-state index contributed by atoms with van der Waals surface area (Å²) in [5.41, 5.74) is 9.44. The predicted molar refractivity (Wildman–Crippen MR) is 122 cm³/mol. The van der Waals surface area contributed by atoms with Gasteiger partial charge < -0.3 is 5.73 Å². The molecule has 0 amide bonds. The largest absolute Gasteiger partial charge is 0.328 e. The molecule has 160 valence electrons. The summed E-state index contributed by atoms with van der Waals surface area (Å²) < 4.78 is 28.7. The van der Waals surface area contributed by atoms with Gasteiger partial charge in [-0.1, -0.05) is 54.6 Å². The monoisotopic (exact) mass is 424 g/mol. The molecule has 5 heteroatoms. The van der Waals surface area contributed by atoms with Gasteiger partial charge in [-0.05, 0) is 73.6 Å². The molecule has 0 aromatic heterocycles. The second-order valence-corrected chi connectivity index (χ2v) is 11.1. The summed E-state index contributed by atoms with van der Waals surface area (Å²) in [5, 5.41) is 0. The van der Waals surface area contributed by atoms with Gasteiger partial charge in [0.15, 0.2) is 0 Å². The summed E-state index contributed by atoms with van der Waals surface area (Å²) in [4.78, 5) is 0.369. The van der Waals surface area contributed by atoms with Crippen molar-refractivity contribution in [3.63, 3.8) is 0 Å². The molecule has 3 atom stereocenters. The van der Waals surface area contributed by atoms with Gasteiger partial charge in [0.2, 0.25) is 10.0 Å². The first-order valence-electron chi connectivity index (χ1n) is 10.9.